The van der Waals surface area contributed by atoms with Crippen LogP contribution in [0.4, 0.5) is 5.82 Å². The fraction of sp³-hybridized carbons (Fsp3) is 0.389. The first kappa shape index (κ1) is 19.7. The maximum absolute atomic E-state index is 12.9. The number of likely N-dealkylation sites (N-methyl/N-ethyl adjacent to an activating group) is 1. The first-order valence-corrected chi connectivity index (χ1v) is 9.68. The highest BCUT2D eigenvalue weighted by atomic mass is 32.1. The van der Waals surface area contributed by atoms with Gasteiger partial charge in [-0.3, -0.25) is 19.0 Å². The van der Waals surface area contributed by atoms with Crippen molar-refractivity contribution in [2.75, 3.05) is 18.4 Å². The summed E-state index contributed by atoms with van der Waals surface area (Å²) in [5, 5.41) is 6.73. The van der Waals surface area contributed by atoms with Crippen LogP contribution in [0.3, 0.4) is 0 Å². The van der Waals surface area contributed by atoms with Crippen molar-refractivity contribution < 1.29 is 14.1 Å². The molecule has 3 heterocycles. The lowest BCUT2D eigenvalue weighted by Crippen LogP contribution is -2.36. The minimum absolute atomic E-state index is 0.0848. The summed E-state index contributed by atoms with van der Waals surface area (Å²) in [5.41, 5.74) is 0.190. The highest BCUT2D eigenvalue weighted by Gasteiger charge is 2.21. The van der Waals surface area contributed by atoms with Crippen LogP contribution in [0.2, 0.25) is 0 Å². The highest BCUT2D eigenvalue weighted by molar-refractivity contribution is 7.20. The Hall–Kier alpha value is -3.01. The van der Waals surface area contributed by atoms with Gasteiger partial charge in [-0.1, -0.05) is 5.16 Å². The number of amides is 2. The molecule has 28 heavy (non-hydrogen) atoms. The topological polar surface area (TPSA) is 110 Å². The Labute approximate surface area is 165 Å². The Morgan fingerprint density at radius 3 is 2.61 bits per heavy atom. The summed E-state index contributed by atoms with van der Waals surface area (Å²) in [7, 11) is 0. The van der Waals surface area contributed by atoms with Crippen LogP contribution >= 0.6 is 11.3 Å². The number of aryl methyl sites for hydroxylation is 2. The summed E-state index contributed by atoms with van der Waals surface area (Å²) >= 11 is 1.12. The van der Waals surface area contributed by atoms with Crippen LogP contribution < -0.4 is 10.9 Å². The molecule has 0 radical (unpaired) electrons. The fourth-order valence-electron chi connectivity index (χ4n) is 2.91. The summed E-state index contributed by atoms with van der Waals surface area (Å²) < 4.78 is 6.22. The summed E-state index contributed by atoms with van der Waals surface area (Å²) in [6, 6.07) is 1.60. The van der Waals surface area contributed by atoms with Crippen molar-refractivity contribution in [3.63, 3.8) is 0 Å². The minimum Gasteiger partial charge on any atom is -0.360 e. The van der Waals surface area contributed by atoms with Gasteiger partial charge in [0, 0.05) is 19.2 Å². The molecule has 0 saturated heterocycles. The van der Waals surface area contributed by atoms with Crippen LogP contribution in [0, 0.1) is 13.8 Å². The van der Waals surface area contributed by atoms with Gasteiger partial charge in [-0.25, -0.2) is 4.98 Å². The van der Waals surface area contributed by atoms with E-state index >= 15 is 0 Å². The molecular formula is C18H21N5O4S. The van der Waals surface area contributed by atoms with Crippen molar-refractivity contribution in [3.05, 3.63) is 38.9 Å². The summed E-state index contributed by atoms with van der Waals surface area (Å²) in [4.78, 5) is 44.5. The quantitative estimate of drug-likeness (QED) is 0.675. The minimum atomic E-state index is -0.390. The van der Waals surface area contributed by atoms with E-state index in [0.29, 0.717) is 45.3 Å². The van der Waals surface area contributed by atoms with Gasteiger partial charge in [0.1, 0.15) is 17.1 Å². The van der Waals surface area contributed by atoms with E-state index in [4.69, 9.17) is 4.52 Å². The van der Waals surface area contributed by atoms with Gasteiger partial charge in [-0.05, 0) is 33.3 Å². The van der Waals surface area contributed by atoms with Crippen molar-refractivity contribution >= 4 is 39.2 Å². The number of rotatable bonds is 6. The lowest BCUT2D eigenvalue weighted by Gasteiger charge is -2.18. The molecule has 148 valence electrons. The van der Waals surface area contributed by atoms with Gasteiger partial charge in [0.15, 0.2) is 5.82 Å². The Morgan fingerprint density at radius 1 is 1.29 bits per heavy atom. The summed E-state index contributed by atoms with van der Waals surface area (Å²) in [5.74, 6) is 0.333. The highest BCUT2D eigenvalue weighted by Crippen LogP contribution is 2.27. The van der Waals surface area contributed by atoms with Gasteiger partial charge in [0.05, 0.1) is 16.6 Å². The van der Waals surface area contributed by atoms with Crippen molar-refractivity contribution in [2.45, 2.75) is 34.2 Å². The Balaban J connectivity index is 1.93. The summed E-state index contributed by atoms with van der Waals surface area (Å²) in [6.07, 6.45) is 1.35. The third kappa shape index (κ3) is 3.68. The number of nitrogens with one attached hydrogen (secondary N) is 1. The van der Waals surface area contributed by atoms with Crippen LogP contribution in [-0.4, -0.2) is 44.5 Å². The average molecular weight is 403 g/mol. The number of aromatic nitrogens is 3. The van der Waals surface area contributed by atoms with Crippen molar-refractivity contribution in [2.24, 2.45) is 0 Å². The first-order valence-electron chi connectivity index (χ1n) is 8.86. The molecule has 1 N–H and O–H groups in total. The molecule has 3 rings (SSSR count). The summed E-state index contributed by atoms with van der Waals surface area (Å²) in [6.45, 7) is 8.25. The van der Waals surface area contributed by atoms with Gasteiger partial charge >= 0.3 is 0 Å². The van der Waals surface area contributed by atoms with E-state index in [1.54, 1.807) is 24.8 Å². The van der Waals surface area contributed by atoms with Crippen LogP contribution in [-0.2, 0) is 11.3 Å². The Morgan fingerprint density at radius 2 is 2.00 bits per heavy atom. The fourth-order valence-corrected chi connectivity index (χ4v) is 3.94. The molecule has 0 aliphatic carbocycles. The average Bonchev–Trinajstić information content (AvgIpc) is 3.22. The molecule has 9 nitrogen and oxygen atoms in total. The molecule has 2 amide bonds. The van der Waals surface area contributed by atoms with Crippen molar-refractivity contribution in [1.29, 1.82) is 0 Å². The van der Waals surface area contributed by atoms with Crippen LogP contribution in [0.15, 0.2) is 21.7 Å². The first-order chi connectivity index (χ1) is 13.3. The molecule has 3 aromatic heterocycles. The lowest BCUT2D eigenvalue weighted by atomic mass is 10.2. The maximum Gasteiger partial charge on any atom is 0.267 e. The van der Waals surface area contributed by atoms with Crippen molar-refractivity contribution in [1.82, 2.24) is 19.6 Å². The van der Waals surface area contributed by atoms with E-state index in [-0.39, 0.29) is 23.9 Å². The zero-order valence-electron chi connectivity index (χ0n) is 16.1. The molecule has 3 aromatic rings. The second-order valence-corrected chi connectivity index (χ2v) is 7.26. The third-order valence-corrected chi connectivity index (χ3v) is 5.61. The molecule has 10 heteroatoms. The molecule has 0 aliphatic rings. The smallest absolute Gasteiger partial charge is 0.267 e. The Kier molecular flexibility index (Phi) is 5.59. The second-order valence-electron chi connectivity index (χ2n) is 6.26. The SMILES string of the molecule is CCN(CC)C(=O)Cn1cnc2sc(C(=O)Nc3cc(C)on3)c(C)c2c1=O. The van der Waals surface area contributed by atoms with E-state index in [2.05, 4.69) is 15.5 Å². The molecule has 0 bridgehead atoms. The molecular weight excluding hydrogens is 382 g/mol. The zero-order valence-corrected chi connectivity index (χ0v) is 16.9. The molecule has 0 spiro atoms. The molecule has 0 atom stereocenters. The number of fused-ring (bicyclic) bond motifs is 1. The molecule has 0 aliphatic heterocycles. The molecule has 0 saturated carbocycles. The number of hydrogen-bond donors (Lipinski definition) is 1. The van der Waals surface area contributed by atoms with Crippen LogP contribution in [0.25, 0.3) is 10.2 Å². The maximum atomic E-state index is 12.9. The zero-order chi connectivity index (χ0) is 20.4. The number of anilines is 1. The number of hydrogen-bond acceptors (Lipinski definition) is 7. The molecule has 0 aromatic carbocycles. The largest absolute Gasteiger partial charge is 0.360 e. The third-order valence-electron chi connectivity index (χ3n) is 4.41. The molecule has 0 fully saturated rings. The number of thiophene rings is 1. The Bertz CT molecular complexity index is 1090. The predicted molar refractivity (Wildman–Crippen MR) is 106 cm³/mol. The normalized spacial score (nSPS) is 11.0. The van der Waals surface area contributed by atoms with Gasteiger partial charge in [-0.15, -0.1) is 11.3 Å². The number of nitrogens with zero attached hydrogens (tertiary/aromatic N) is 4. The monoisotopic (exact) mass is 403 g/mol. The second kappa shape index (κ2) is 7.93. The van der Waals surface area contributed by atoms with Crippen molar-refractivity contribution in [3.8, 4) is 0 Å². The van der Waals surface area contributed by atoms with E-state index in [9.17, 15) is 14.4 Å². The van der Waals surface area contributed by atoms with Gasteiger partial charge in [0.25, 0.3) is 11.5 Å². The lowest BCUT2D eigenvalue weighted by molar-refractivity contribution is -0.131. The van der Waals surface area contributed by atoms with Gasteiger partial charge < -0.3 is 14.7 Å². The van der Waals surface area contributed by atoms with E-state index in [1.165, 1.54) is 10.9 Å². The standard InChI is InChI=1S/C18H21N5O4S/c1-5-22(6-2)13(24)8-23-9-19-17-14(18(23)26)11(4)15(28-17)16(25)20-12-7-10(3)27-21-12/h7,9H,5-6,8H2,1-4H3,(H,20,21,25). The van der Waals surface area contributed by atoms with E-state index in [1.807, 2.05) is 13.8 Å². The van der Waals surface area contributed by atoms with E-state index in [0.717, 1.165) is 11.3 Å². The van der Waals surface area contributed by atoms with Gasteiger partial charge in [0.2, 0.25) is 5.91 Å². The van der Waals surface area contributed by atoms with E-state index < -0.39 is 0 Å². The number of carbonyl (C=O) groups is 2. The van der Waals surface area contributed by atoms with Gasteiger partial charge in [-0.2, -0.15) is 0 Å². The molecule has 0 unspecified atom stereocenters. The number of carbonyl (C=O) groups excluding carboxylic acids is 2. The van der Waals surface area contributed by atoms with Crippen LogP contribution in [0.5, 0.6) is 0 Å². The predicted octanol–water partition coefficient (Wildman–Crippen LogP) is 2.18. The van der Waals surface area contributed by atoms with Crippen LogP contribution in [0.1, 0.15) is 34.8 Å².